The smallest absolute Gasteiger partial charge is 0.412 e. The third-order valence-electron chi connectivity index (χ3n) is 12.9. The van der Waals surface area contributed by atoms with Crippen molar-refractivity contribution in [3.05, 3.63) is 114 Å². The minimum absolute atomic E-state index is 0.000827. The SMILES string of the molecule is C=CCOC12Oc3ccc(OC(=O)NCc4ccccc4)cc3C3C(CCCCO)C(CCCCO)C=C(C(=NOC4CCCCO4)CC1N(C)C(=O)Cc1cccc(OC)c1)C32. The minimum atomic E-state index is -1.42. The van der Waals surface area contributed by atoms with Gasteiger partial charge in [-0.15, -0.1) is 6.58 Å². The first-order valence-electron chi connectivity index (χ1n) is 22.5. The van der Waals surface area contributed by atoms with Gasteiger partial charge in [-0.3, -0.25) is 4.79 Å². The predicted octanol–water partition coefficient (Wildman–Crippen LogP) is 7.85. The van der Waals surface area contributed by atoms with E-state index in [1.54, 1.807) is 31.2 Å². The zero-order chi connectivity index (χ0) is 44.2. The van der Waals surface area contributed by atoms with E-state index < -0.39 is 30.1 Å². The fourth-order valence-electron chi connectivity index (χ4n) is 9.88. The third kappa shape index (κ3) is 10.8. The number of carbonyl (C=O) groups excluding carboxylic acids is 2. The average Bonchev–Trinajstić information content (AvgIpc) is 3.31. The summed E-state index contributed by atoms with van der Waals surface area (Å²) >= 11 is 0. The molecule has 338 valence electrons. The Morgan fingerprint density at radius 2 is 1.76 bits per heavy atom. The van der Waals surface area contributed by atoms with Crippen molar-refractivity contribution < 1.29 is 48.3 Å². The number of likely N-dealkylation sites (N-methyl/N-ethyl adjacent to an activating group) is 1. The summed E-state index contributed by atoms with van der Waals surface area (Å²) in [7, 11) is 3.40. The molecule has 7 rings (SSSR count). The Morgan fingerprint density at radius 3 is 2.51 bits per heavy atom. The molecule has 63 heavy (non-hydrogen) atoms. The largest absolute Gasteiger partial charge is 0.497 e. The van der Waals surface area contributed by atoms with Crippen LogP contribution < -0.4 is 19.5 Å². The summed E-state index contributed by atoms with van der Waals surface area (Å²) < 4.78 is 31.7. The van der Waals surface area contributed by atoms with E-state index in [0.717, 1.165) is 60.8 Å². The molecule has 3 N–H and O–H groups in total. The number of nitrogens with one attached hydrogen (secondary N) is 1. The number of oxime groups is 1. The lowest BCUT2D eigenvalue weighted by atomic mass is 9.55. The second-order valence-corrected chi connectivity index (χ2v) is 16.9. The van der Waals surface area contributed by atoms with Crippen molar-refractivity contribution in [1.82, 2.24) is 10.2 Å². The Bertz CT molecular complexity index is 2070. The van der Waals surface area contributed by atoms with Gasteiger partial charge < -0.3 is 49.0 Å². The highest BCUT2D eigenvalue weighted by Crippen LogP contribution is 2.62. The molecule has 0 radical (unpaired) electrons. The number of amides is 2. The van der Waals surface area contributed by atoms with E-state index in [2.05, 4.69) is 18.0 Å². The maximum Gasteiger partial charge on any atom is 0.412 e. The summed E-state index contributed by atoms with van der Waals surface area (Å²) in [6.45, 7) is 5.21. The van der Waals surface area contributed by atoms with Crippen molar-refractivity contribution in [1.29, 1.82) is 0 Å². The summed E-state index contributed by atoms with van der Waals surface area (Å²) in [5, 5.41) is 27.6. The summed E-state index contributed by atoms with van der Waals surface area (Å²) in [5.41, 5.74) is 4.19. The van der Waals surface area contributed by atoms with Gasteiger partial charge in [0.1, 0.15) is 23.3 Å². The van der Waals surface area contributed by atoms with Crippen molar-refractivity contribution in [2.24, 2.45) is 22.9 Å². The highest BCUT2D eigenvalue weighted by atomic mass is 16.8. The van der Waals surface area contributed by atoms with Gasteiger partial charge in [0.25, 0.3) is 0 Å². The zero-order valence-corrected chi connectivity index (χ0v) is 36.6. The average molecular weight is 866 g/mol. The molecule has 2 fully saturated rings. The minimum Gasteiger partial charge on any atom is -0.497 e. The number of hydrogen-bond donors (Lipinski definition) is 3. The number of methoxy groups -OCH3 is 1. The number of unbranched alkanes of at least 4 members (excludes halogenated alkanes) is 2. The first-order chi connectivity index (χ1) is 30.8. The maximum absolute atomic E-state index is 14.6. The molecule has 7 atom stereocenters. The number of hydrogen-bond acceptors (Lipinski definition) is 11. The monoisotopic (exact) mass is 865 g/mol. The number of ether oxygens (including phenoxy) is 5. The lowest BCUT2D eigenvalue weighted by Gasteiger charge is -2.59. The second-order valence-electron chi connectivity index (χ2n) is 16.9. The topological polar surface area (TPSA) is 158 Å². The van der Waals surface area contributed by atoms with Crippen molar-refractivity contribution >= 4 is 17.7 Å². The van der Waals surface area contributed by atoms with Crippen LogP contribution in [-0.4, -0.2) is 91.5 Å². The second kappa shape index (κ2) is 21.9. The Morgan fingerprint density at radius 1 is 0.968 bits per heavy atom. The predicted molar refractivity (Wildman–Crippen MR) is 238 cm³/mol. The number of aliphatic hydroxyl groups is 2. The van der Waals surface area contributed by atoms with E-state index in [9.17, 15) is 19.8 Å². The molecule has 4 aliphatic rings. The molecule has 3 aromatic carbocycles. The summed E-state index contributed by atoms with van der Waals surface area (Å²) in [5.74, 6) is -0.750. The van der Waals surface area contributed by atoms with Crippen LogP contribution in [0.4, 0.5) is 4.79 Å². The van der Waals surface area contributed by atoms with Gasteiger partial charge in [0.15, 0.2) is 0 Å². The standard InChI is InChI=1S/C50H63N3O10/c1-4-26-60-50-44(53(2)45(56)29-35-17-14-19-37(28-35)58-3)32-42(52-63-46-21-10-13-27-59-46)40-30-36(18-8-11-24-54)39(20-9-12-25-55)47(48(40)50)41-31-38(22-23-43(41)62-50)61-49(57)51-33-34-15-6-5-7-16-34/h4-7,14-17,19,22-23,28,30-31,36,39,44,46-48,54-55H,1,8-13,18,20-21,24-27,29,32-33H2,2-3H3,(H,51,57). The van der Waals surface area contributed by atoms with E-state index in [0.29, 0.717) is 55.4 Å². The normalized spacial score (nSPS) is 25.4. The van der Waals surface area contributed by atoms with Gasteiger partial charge in [-0.05, 0) is 97.4 Å². The highest BCUT2D eigenvalue weighted by molar-refractivity contribution is 6.03. The molecule has 7 unspecified atom stereocenters. The third-order valence-corrected chi connectivity index (χ3v) is 12.9. The Balaban J connectivity index is 1.35. The van der Waals surface area contributed by atoms with E-state index >= 15 is 0 Å². The van der Waals surface area contributed by atoms with E-state index in [4.69, 9.17) is 33.7 Å². The molecule has 1 saturated heterocycles. The van der Waals surface area contributed by atoms with Gasteiger partial charge >= 0.3 is 6.09 Å². The van der Waals surface area contributed by atoms with Gasteiger partial charge in [-0.1, -0.05) is 72.6 Å². The molecular formula is C50H63N3O10. The van der Waals surface area contributed by atoms with Crippen LogP contribution in [0.3, 0.4) is 0 Å². The molecule has 2 heterocycles. The molecule has 3 aromatic rings. The van der Waals surface area contributed by atoms with Crippen LogP contribution in [0, 0.1) is 17.8 Å². The highest BCUT2D eigenvalue weighted by Gasteiger charge is 2.65. The van der Waals surface area contributed by atoms with Crippen LogP contribution in [0.25, 0.3) is 0 Å². The number of aliphatic hydroxyl groups excluding tert-OH is 2. The number of carbonyl (C=O) groups is 2. The van der Waals surface area contributed by atoms with Gasteiger partial charge in [0.2, 0.25) is 18.0 Å². The van der Waals surface area contributed by atoms with Gasteiger partial charge in [-0.2, -0.15) is 0 Å². The van der Waals surface area contributed by atoms with Crippen LogP contribution in [0.15, 0.2) is 102 Å². The molecule has 0 bridgehead atoms. The molecule has 2 aliphatic carbocycles. The maximum atomic E-state index is 14.6. The Labute approximate surface area is 371 Å². The van der Waals surface area contributed by atoms with Crippen LogP contribution >= 0.6 is 0 Å². The van der Waals surface area contributed by atoms with E-state index in [1.807, 2.05) is 66.7 Å². The molecule has 2 aliphatic heterocycles. The van der Waals surface area contributed by atoms with Crippen molar-refractivity contribution in [3.8, 4) is 17.2 Å². The fraction of sp³-hybridized carbons (Fsp3) is 0.500. The lowest BCUT2D eigenvalue weighted by Crippen LogP contribution is -2.69. The molecule has 0 spiro atoms. The van der Waals surface area contributed by atoms with Crippen LogP contribution in [0.2, 0.25) is 0 Å². The first kappa shape index (κ1) is 45.8. The number of nitrogens with zero attached hydrogens (tertiary/aromatic N) is 2. The summed E-state index contributed by atoms with van der Waals surface area (Å²) in [6, 6.07) is 21.9. The van der Waals surface area contributed by atoms with Crippen LogP contribution in [0.5, 0.6) is 17.2 Å². The molecule has 2 amide bonds. The van der Waals surface area contributed by atoms with Crippen LogP contribution in [-0.2, 0) is 32.1 Å². The van der Waals surface area contributed by atoms with Crippen LogP contribution in [0.1, 0.15) is 86.8 Å². The molecule has 0 aromatic heterocycles. The molecular weight excluding hydrogens is 803 g/mol. The van der Waals surface area contributed by atoms with E-state index in [1.165, 1.54) is 0 Å². The van der Waals surface area contributed by atoms with Gasteiger partial charge in [0.05, 0.1) is 38.4 Å². The molecule has 13 nitrogen and oxygen atoms in total. The number of rotatable bonds is 20. The molecule has 13 heteroatoms. The zero-order valence-electron chi connectivity index (χ0n) is 36.6. The quantitative estimate of drug-likeness (QED) is 0.0581. The summed E-state index contributed by atoms with van der Waals surface area (Å²) in [4.78, 5) is 35.8. The molecule has 1 saturated carbocycles. The Kier molecular flexibility index (Phi) is 15.9. The lowest BCUT2D eigenvalue weighted by molar-refractivity contribution is -0.255. The van der Waals surface area contributed by atoms with Gasteiger partial charge in [-0.25, -0.2) is 4.79 Å². The fourth-order valence-corrected chi connectivity index (χ4v) is 9.88. The van der Waals surface area contributed by atoms with E-state index in [-0.39, 0.29) is 56.3 Å². The number of benzene rings is 3. The summed E-state index contributed by atoms with van der Waals surface area (Å²) in [6.07, 6.45) is 10.3. The Hall–Kier alpha value is -5.21. The van der Waals surface area contributed by atoms with Crippen molar-refractivity contribution in [2.75, 3.05) is 40.6 Å². The number of fused-ring (bicyclic) bond motifs is 2. The van der Waals surface area contributed by atoms with Crippen molar-refractivity contribution in [3.63, 3.8) is 0 Å². The van der Waals surface area contributed by atoms with Crippen molar-refractivity contribution in [2.45, 2.75) is 101 Å². The van der Waals surface area contributed by atoms with Gasteiger partial charge in [0, 0.05) is 51.1 Å². The first-order valence-corrected chi connectivity index (χ1v) is 22.5. The number of allylic oxidation sites excluding steroid dienone is 1.